The van der Waals surface area contributed by atoms with E-state index in [0.717, 1.165) is 24.0 Å². The van der Waals surface area contributed by atoms with E-state index in [4.69, 9.17) is 9.47 Å². The van der Waals surface area contributed by atoms with E-state index in [-0.39, 0.29) is 41.5 Å². The van der Waals surface area contributed by atoms with Crippen LogP contribution >= 0.6 is 0 Å². The van der Waals surface area contributed by atoms with Gasteiger partial charge in [-0.25, -0.2) is 8.42 Å². The molecule has 0 saturated heterocycles. The molecule has 0 unspecified atom stereocenters. The molecular formula is C26H34N2O6S. The van der Waals surface area contributed by atoms with E-state index in [1.54, 1.807) is 44.2 Å². The number of sulfonamides is 1. The predicted octanol–water partition coefficient (Wildman–Crippen LogP) is 3.00. The quantitative estimate of drug-likeness (QED) is 0.625. The summed E-state index contributed by atoms with van der Waals surface area (Å²) < 4.78 is 40.4. The molecule has 1 amide bonds. The molecule has 35 heavy (non-hydrogen) atoms. The molecule has 190 valence electrons. The third-order valence-electron chi connectivity index (χ3n) is 6.83. The Labute approximate surface area is 207 Å². The summed E-state index contributed by atoms with van der Waals surface area (Å²) >= 11 is 0. The van der Waals surface area contributed by atoms with E-state index in [9.17, 15) is 18.3 Å². The second-order valence-corrected chi connectivity index (χ2v) is 11.5. The van der Waals surface area contributed by atoms with Crippen molar-refractivity contribution >= 4 is 15.9 Å². The first-order chi connectivity index (χ1) is 16.6. The second kappa shape index (κ2) is 10.2. The standard InChI is InChI=1S/C26H34N2O6S/c1-17-14-28(18(2)16-29)35(31,32)25-11-10-21(20-6-5-7-22(12-20)33-4)13-23(25)34-24(17)15-27(3)26(30)19-8-9-19/h5-7,10-13,17-19,24,29H,8-9,14-16H2,1-4H3/t17-,18-,24-/m1/s1. The van der Waals surface area contributed by atoms with Crippen molar-refractivity contribution in [2.75, 3.05) is 33.9 Å². The number of aliphatic hydroxyl groups excluding tert-OH is 1. The highest BCUT2D eigenvalue weighted by Gasteiger charge is 2.39. The van der Waals surface area contributed by atoms with E-state index in [2.05, 4.69) is 0 Å². The highest BCUT2D eigenvalue weighted by atomic mass is 32.2. The Hall–Kier alpha value is -2.62. The largest absolute Gasteiger partial charge is 0.497 e. The molecule has 0 aromatic heterocycles. The van der Waals surface area contributed by atoms with Gasteiger partial charge in [-0.2, -0.15) is 4.31 Å². The number of amides is 1. The summed E-state index contributed by atoms with van der Waals surface area (Å²) in [6.07, 6.45) is 1.40. The third kappa shape index (κ3) is 5.32. The Kier molecular flexibility index (Phi) is 7.40. The number of hydrogen-bond acceptors (Lipinski definition) is 6. The van der Waals surface area contributed by atoms with Crippen LogP contribution in [0, 0.1) is 11.8 Å². The van der Waals surface area contributed by atoms with E-state index < -0.39 is 22.2 Å². The maximum absolute atomic E-state index is 13.7. The minimum atomic E-state index is -3.93. The van der Waals surface area contributed by atoms with Crippen molar-refractivity contribution in [3.05, 3.63) is 42.5 Å². The molecule has 2 aliphatic rings. The van der Waals surface area contributed by atoms with Gasteiger partial charge < -0.3 is 19.5 Å². The van der Waals surface area contributed by atoms with E-state index in [1.807, 2.05) is 31.2 Å². The van der Waals surface area contributed by atoms with Gasteiger partial charge in [0.15, 0.2) is 0 Å². The van der Waals surface area contributed by atoms with Crippen LogP contribution in [0.1, 0.15) is 26.7 Å². The van der Waals surface area contributed by atoms with Crippen LogP contribution in [0.15, 0.2) is 47.4 Å². The van der Waals surface area contributed by atoms with Crippen LogP contribution < -0.4 is 9.47 Å². The maximum Gasteiger partial charge on any atom is 0.247 e. The zero-order chi connectivity index (χ0) is 25.3. The molecule has 1 heterocycles. The number of nitrogens with zero attached hydrogens (tertiary/aromatic N) is 2. The van der Waals surface area contributed by atoms with Crippen LogP contribution in [0.2, 0.25) is 0 Å². The van der Waals surface area contributed by atoms with Gasteiger partial charge in [0.25, 0.3) is 0 Å². The number of aliphatic hydroxyl groups is 1. The van der Waals surface area contributed by atoms with Crippen molar-refractivity contribution in [2.24, 2.45) is 11.8 Å². The first-order valence-electron chi connectivity index (χ1n) is 12.0. The molecule has 1 saturated carbocycles. The Balaban J connectivity index is 1.77. The summed E-state index contributed by atoms with van der Waals surface area (Å²) in [6.45, 7) is 3.84. The molecule has 8 nitrogen and oxygen atoms in total. The molecule has 9 heteroatoms. The van der Waals surface area contributed by atoms with Crippen molar-refractivity contribution in [1.29, 1.82) is 0 Å². The average molecular weight is 503 g/mol. The van der Waals surface area contributed by atoms with Crippen LogP contribution in [0.5, 0.6) is 11.5 Å². The fourth-order valence-corrected chi connectivity index (χ4v) is 6.25. The molecule has 0 radical (unpaired) electrons. The van der Waals surface area contributed by atoms with Gasteiger partial charge in [-0.3, -0.25) is 4.79 Å². The molecule has 4 rings (SSSR count). The lowest BCUT2D eigenvalue weighted by atomic mass is 10.0. The number of likely N-dealkylation sites (N-methyl/N-ethyl adjacent to an activating group) is 1. The zero-order valence-corrected chi connectivity index (χ0v) is 21.5. The van der Waals surface area contributed by atoms with Gasteiger partial charge in [0.2, 0.25) is 15.9 Å². The summed E-state index contributed by atoms with van der Waals surface area (Å²) in [6, 6.07) is 12.0. The van der Waals surface area contributed by atoms with Gasteiger partial charge in [-0.05, 0) is 55.2 Å². The van der Waals surface area contributed by atoms with Gasteiger partial charge in [0, 0.05) is 31.5 Å². The summed E-state index contributed by atoms with van der Waals surface area (Å²) in [7, 11) is -0.561. The van der Waals surface area contributed by atoms with E-state index in [1.165, 1.54) is 4.31 Å². The predicted molar refractivity (Wildman–Crippen MR) is 133 cm³/mol. The van der Waals surface area contributed by atoms with Crippen molar-refractivity contribution in [1.82, 2.24) is 9.21 Å². The molecule has 1 N–H and O–H groups in total. The lowest BCUT2D eigenvalue weighted by molar-refractivity contribution is -0.132. The summed E-state index contributed by atoms with van der Waals surface area (Å²) in [4.78, 5) is 14.4. The van der Waals surface area contributed by atoms with Gasteiger partial charge in [0.1, 0.15) is 22.5 Å². The van der Waals surface area contributed by atoms with Crippen LogP contribution in [0.25, 0.3) is 11.1 Å². The van der Waals surface area contributed by atoms with E-state index >= 15 is 0 Å². The Bertz CT molecular complexity index is 1180. The molecule has 1 fully saturated rings. The molecule has 1 aliphatic heterocycles. The first-order valence-corrected chi connectivity index (χ1v) is 13.4. The number of methoxy groups -OCH3 is 1. The smallest absolute Gasteiger partial charge is 0.247 e. The monoisotopic (exact) mass is 502 g/mol. The van der Waals surface area contributed by atoms with Crippen LogP contribution in [0.4, 0.5) is 0 Å². The summed E-state index contributed by atoms with van der Waals surface area (Å²) in [5.74, 6) is 0.895. The maximum atomic E-state index is 13.7. The highest BCUT2D eigenvalue weighted by Crippen LogP contribution is 2.37. The normalized spacial score (nSPS) is 22.8. The number of carbonyl (C=O) groups is 1. The van der Waals surface area contributed by atoms with Crippen molar-refractivity contribution in [3.63, 3.8) is 0 Å². The number of benzene rings is 2. The molecule has 3 atom stereocenters. The number of carbonyl (C=O) groups excluding carboxylic acids is 1. The topological polar surface area (TPSA) is 96.4 Å². The van der Waals surface area contributed by atoms with Gasteiger partial charge in [0.05, 0.1) is 20.3 Å². The van der Waals surface area contributed by atoms with Crippen LogP contribution in [-0.2, 0) is 14.8 Å². The molecule has 2 aromatic carbocycles. The van der Waals surface area contributed by atoms with Gasteiger partial charge >= 0.3 is 0 Å². The van der Waals surface area contributed by atoms with Gasteiger partial charge in [-0.15, -0.1) is 0 Å². The lowest BCUT2D eigenvalue weighted by Gasteiger charge is -2.37. The molecule has 1 aliphatic carbocycles. The first kappa shape index (κ1) is 25.5. The molecule has 2 aromatic rings. The van der Waals surface area contributed by atoms with Crippen LogP contribution in [0.3, 0.4) is 0 Å². The third-order valence-corrected chi connectivity index (χ3v) is 8.85. The minimum Gasteiger partial charge on any atom is -0.497 e. The fourth-order valence-electron chi connectivity index (χ4n) is 4.43. The highest BCUT2D eigenvalue weighted by molar-refractivity contribution is 7.89. The molecular weight excluding hydrogens is 468 g/mol. The SMILES string of the molecule is COc1cccc(-c2ccc3c(c2)O[C@H](CN(C)C(=O)C2CC2)[C@H](C)CN([C@H](C)CO)S3(=O)=O)c1. The number of hydrogen-bond donors (Lipinski definition) is 1. The lowest BCUT2D eigenvalue weighted by Crippen LogP contribution is -2.50. The van der Waals surface area contributed by atoms with Gasteiger partial charge in [-0.1, -0.05) is 25.1 Å². The van der Waals surface area contributed by atoms with Crippen molar-refractivity contribution in [3.8, 4) is 22.6 Å². The van der Waals surface area contributed by atoms with Crippen LogP contribution in [-0.4, -0.2) is 74.6 Å². The number of ether oxygens (including phenoxy) is 2. The summed E-state index contributed by atoms with van der Waals surface area (Å²) in [5, 5.41) is 9.81. The molecule has 0 spiro atoms. The molecule has 0 bridgehead atoms. The Morgan fingerprint density at radius 3 is 2.60 bits per heavy atom. The fraction of sp³-hybridized carbons (Fsp3) is 0.500. The number of rotatable bonds is 7. The number of fused-ring (bicyclic) bond motifs is 1. The van der Waals surface area contributed by atoms with E-state index in [0.29, 0.717) is 12.3 Å². The minimum absolute atomic E-state index is 0.0533. The Morgan fingerprint density at radius 1 is 1.23 bits per heavy atom. The summed E-state index contributed by atoms with van der Waals surface area (Å²) in [5.41, 5.74) is 1.65. The average Bonchev–Trinajstić information content (AvgIpc) is 3.70. The van der Waals surface area contributed by atoms with Crippen molar-refractivity contribution in [2.45, 2.75) is 43.7 Å². The Morgan fingerprint density at radius 2 is 1.94 bits per heavy atom. The zero-order valence-electron chi connectivity index (χ0n) is 20.7. The second-order valence-electron chi connectivity index (χ2n) is 9.63. The van der Waals surface area contributed by atoms with Crippen molar-refractivity contribution < 1.29 is 27.8 Å².